The number of thioether (sulfide) groups is 1. The number of carbonyl (C=O) groups is 1. The molecule has 0 bridgehead atoms. The first-order valence-electron chi connectivity index (χ1n) is 12.7. The number of para-hydroxylation sites is 1. The number of nitrogens with one attached hydrogen (secondary N) is 1. The van der Waals surface area contributed by atoms with Crippen molar-refractivity contribution in [3.63, 3.8) is 0 Å². The molecule has 2 aliphatic heterocycles. The fraction of sp³-hybridized carbons (Fsp3) is 0.167. The number of rotatable bonds is 7. The largest absolute Gasteiger partial charge is 0.493 e. The third-order valence-electron chi connectivity index (χ3n) is 6.63. The van der Waals surface area contributed by atoms with Gasteiger partial charge in [0.25, 0.3) is 5.91 Å². The maximum Gasteiger partial charge on any atom is 0.283 e. The molecule has 1 amide bonds. The van der Waals surface area contributed by atoms with Crippen LogP contribution in [0.2, 0.25) is 0 Å². The van der Waals surface area contributed by atoms with Crippen LogP contribution in [0.25, 0.3) is 17.0 Å². The number of fused-ring (bicyclic) bond motifs is 2. The molecule has 0 spiro atoms. The van der Waals surface area contributed by atoms with Crippen LogP contribution in [0.3, 0.4) is 0 Å². The smallest absolute Gasteiger partial charge is 0.283 e. The van der Waals surface area contributed by atoms with E-state index in [2.05, 4.69) is 57.8 Å². The van der Waals surface area contributed by atoms with Gasteiger partial charge in [0, 0.05) is 47.2 Å². The molecule has 0 atom stereocenters. The fourth-order valence-electron chi connectivity index (χ4n) is 4.61. The van der Waals surface area contributed by atoms with Crippen molar-refractivity contribution in [2.45, 2.75) is 26.8 Å². The SMILES string of the molecule is Cc1ccc(C)c(OCCCn2cc(/C=C3\C(=N)N4N=C(c5cccnc5)SC4=NC3=O)c3ccccc32)c1. The average Bonchev–Trinajstić information content (AvgIpc) is 3.53. The zero-order valence-electron chi connectivity index (χ0n) is 21.6. The Balaban J connectivity index is 1.23. The van der Waals surface area contributed by atoms with Gasteiger partial charge in [0.15, 0.2) is 5.84 Å². The number of amidine groups is 2. The molecule has 194 valence electrons. The average molecular weight is 535 g/mol. The van der Waals surface area contributed by atoms with E-state index < -0.39 is 5.91 Å². The number of amides is 1. The van der Waals surface area contributed by atoms with Crippen LogP contribution in [0, 0.1) is 19.3 Å². The molecule has 39 heavy (non-hydrogen) atoms. The summed E-state index contributed by atoms with van der Waals surface area (Å²) in [4.78, 5) is 21.4. The van der Waals surface area contributed by atoms with Gasteiger partial charge < -0.3 is 9.30 Å². The topological polar surface area (TPSA) is 95.9 Å². The minimum absolute atomic E-state index is 0.00939. The minimum Gasteiger partial charge on any atom is -0.493 e. The van der Waals surface area contributed by atoms with Crippen LogP contribution in [-0.4, -0.2) is 43.1 Å². The van der Waals surface area contributed by atoms with Crippen molar-refractivity contribution in [2.24, 2.45) is 10.1 Å². The summed E-state index contributed by atoms with van der Waals surface area (Å²) >= 11 is 1.26. The van der Waals surface area contributed by atoms with Crippen molar-refractivity contribution in [3.8, 4) is 5.75 Å². The lowest BCUT2D eigenvalue weighted by molar-refractivity contribution is -0.114. The van der Waals surface area contributed by atoms with Crippen molar-refractivity contribution in [2.75, 3.05) is 6.61 Å². The predicted octanol–water partition coefficient (Wildman–Crippen LogP) is 5.79. The van der Waals surface area contributed by atoms with E-state index in [1.807, 2.05) is 36.5 Å². The number of aliphatic imine (C=N–C) groups is 1. The van der Waals surface area contributed by atoms with Gasteiger partial charge in [-0.15, -0.1) is 0 Å². The number of aromatic nitrogens is 2. The molecular formula is C30H26N6O2S. The van der Waals surface area contributed by atoms with Crippen molar-refractivity contribution >= 4 is 50.7 Å². The van der Waals surface area contributed by atoms with E-state index in [0.29, 0.717) is 16.8 Å². The highest BCUT2D eigenvalue weighted by Gasteiger charge is 2.36. The monoisotopic (exact) mass is 534 g/mol. The lowest BCUT2D eigenvalue weighted by Gasteiger charge is -2.20. The van der Waals surface area contributed by atoms with Gasteiger partial charge in [0.05, 0.1) is 12.2 Å². The molecule has 0 aliphatic carbocycles. The number of hydrazone groups is 1. The lowest BCUT2D eigenvalue weighted by Crippen LogP contribution is -2.35. The second kappa shape index (κ2) is 10.3. The summed E-state index contributed by atoms with van der Waals surface area (Å²) in [6.45, 7) is 5.46. The summed E-state index contributed by atoms with van der Waals surface area (Å²) in [5.41, 5.74) is 5.24. The van der Waals surface area contributed by atoms with E-state index in [-0.39, 0.29) is 11.4 Å². The van der Waals surface area contributed by atoms with Gasteiger partial charge in [-0.05, 0) is 73.5 Å². The fourth-order valence-corrected chi connectivity index (χ4v) is 5.49. The molecule has 4 aromatic rings. The van der Waals surface area contributed by atoms with Gasteiger partial charge in [0.1, 0.15) is 10.8 Å². The number of ether oxygens (including phenoxy) is 1. The highest BCUT2D eigenvalue weighted by atomic mass is 32.2. The summed E-state index contributed by atoms with van der Waals surface area (Å²) in [6, 6.07) is 18.0. The highest BCUT2D eigenvalue weighted by molar-refractivity contribution is 8.27. The number of hydrogen-bond donors (Lipinski definition) is 1. The second-order valence-corrected chi connectivity index (χ2v) is 10.4. The third-order valence-corrected chi connectivity index (χ3v) is 7.58. The molecule has 2 aromatic heterocycles. The Morgan fingerprint density at radius 1 is 1.10 bits per heavy atom. The van der Waals surface area contributed by atoms with Gasteiger partial charge in [-0.3, -0.25) is 15.2 Å². The molecule has 2 aliphatic rings. The number of nitrogens with zero attached hydrogens (tertiary/aromatic N) is 5. The van der Waals surface area contributed by atoms with E-state index in [1.54, 1.807) is 18.5 Å². The molecule has 0 radical (unpaired) electrons. The van der Waals surface area contributed by atoms with Crippen LogP contribution in [-0.2, 0) is 11.3 Å². The van der Waals surface area contributed by atoms with Gasteiger partial charge in [-0.2, -0.15) is 15.1 Å². The van der Waals surface area contributed by atoms with Crippen molar-refractivity contribution in [3.05, 3.63) is 101 Å². The molecular weight excluding hydrogens is 508 g/mol. The van der Waals surface area contributed by atoms with Crippen molar-refractivity contribution in [1.29, 1.82) is 5.41 Å². The van der Waals surface area contributed by atoms with E-state index in [0.717, 1.165) is 46.3 Å². The molecule has 4 heterocycles. The Bertz CT molecular complexity index is 1700. The Labute approximate surface area is 230 Å². The lowest BCUT2D eigenvalue weighted by atomic mass is 10.1. The number of carbonyl (C=O) groups excluding carboxylic acids is 1. The van der Waals surface area contributed by atoms with Gasteiger partial charge in [-0.1, -0.05) is 30.3 Å². The molecule has 2 aromatic carbocycles. The first kappa shape index (κ1) is 24.8. The zero-order valence-corrected chi connectivity index (χ0v) is 22.4. The Morgan fingerprint density at radius 2 is 1.97 bits per heavy atom. The van der Waals surface area contributed by atoms with Crippen LogP contribution in [0.15, 0.2) is 88.9 Å². The molecule has 0 saturated heterocycles. The molecule has 0 unspecified atom stereocenters. The number of hydrogen-bond acceptors (Lipinski definition) is 6. The highest BCUT2D eigenvalue weighted by Crippen LogP contribution is 2.32. The van der Waals surface area contributed by atoms with Crippen LogP contribution in [0.5, 0.6) is 5.75 Å². The Morgan fingerprint density at radius 3 is 2.82 bits per heavy atom. The van der Waals surface area contributed by atoms with Crippen LogP contribution < -0.4 is 4.74 Å². The van der Waals surface area contributed by atoms with Gasteiger partial charge in [0.2, 0.25) is 5.17 Å². The summed E-state index contributed by atoms with van der Waals surface area (Å²) < 4.78 is 8.22. The quantitative estimate of drug-likeness (QED) is 0.239. The first-order valence-corrected chi connectivity index (χ1v) is 13.5. The third kappa shape index (κ3) is 4.88. The van der Waals surface area contributed by atoms with Crippen LogP contribution >= 0.6 is 11.8 Å². The summed E-state index contributed by atoms with van der Waals surface area (Å²) in [6.07, 6.45) is 7.99. The van der Waals surface area contributed by atoms with Crippen LogP contribution in [0.4, 0.5) is 0 Å². The predicted molar refractivity (Wildman–Crippen MR) is 156 cm³/mol. The van der Waals surface area contributed by atoms with E-state index in [9.17, 15) is 4.79 Å². The van der Waals surface area contributed by atoms with Crippen molar-refractivity contribution in [1.82, 2.24) is 14.6 Å². The second-order valence-electron chi connectivity index (χ2n) is 9.43. The summed E-state index contributed by atoms with van der Waals surface area (Å²) in [7, 11) is 0. The van der Waals surface area contributed by atoms with E-state index in [1.165, 1.54) is 22.3 Å². The van der Waals surface area contributed by atoms with Gasteiger partial charge in [-0.25, -0.2) is 0 Å². The minimum atomic E-state index is -0.444. The van der Waals surface area contributed by atoms with E-state index >= 15 is 0 Å². The molecule has 1 N–H and O–H groups in total. The number of pyridine rings is 1. The van der Waals surface area contributed by atoms with Crippen molar-refractivity contribution < 1.29 is 9.53 Å². The number of benzene rings is 2. The first-order chi connectivity index (χ1) is 19.0. The standard InChI is InChI=1S/C30H26N6O2S/c1-19-10-11-20(2)26(15-19)38-14-6-13-35-18-22(23-8-3-4-9-25(23)35)16-24-27(31)36-30(33-28(24)37)39-29(34-36)21-7-5-12-32-17-21/h3-5,7-12,15-18,31H,6,13-14H2,1-2H3/b24-16+,31-27?. The summed E-state index contributed by atoms with van der Waals surface area (Å²) in [5.74, 6) is 0.483. The molecule has 9 heteroatoms. The van der Waals surface area contributed by atoms with Gasteiger partial charge >= 0.3 is 0 Å². The van der Waals surface area contributed by atoms with E-state index in [4.69, 9.17) is 10.1 Å². The Kier molecular flexibility index (Phi) is 6.58. The zero-order chi connectivity index (χ0) is 26.9. The number of aryl methyl sites for hydroxylation is 3. The van der Waals surface area contributed by atoms with Crippen LogP contribution in [0.1, 0.15) is 28.7 Å². The molecule has 6 rings (SSSR count). The maximum atomic E-state index is 13.0. The summed E-state index contributed by atoms with van der Waals surface area (Å²) in [5, 5.41) is 16.8. The molecule has 0 saturated carbocycles. The normalized spacial score (nSPS) is 16.1. The molecule has 0 fully saturated rings. The Hall–Kier alpha value is -4.50. The molecule has 8 nitrogen and oxygen atoms in total. The maximum absolute atomic E-state index is 13.0.